The summed E-state index contributed by atoms with van der Waals surface area (Å²) in [5.41, 5.74) is 1.03. The Morgan fingerprint density at radius 1 is 1.44 bits per heavy atom. The van der Waals surface area contributed by atoms with Crippen LogP contribution in [0.5, 0.6) is 0 Å². The molecule has 0 amide bonds. The highest BCUT2D eigenvalue weighted by Gasteiger charge is 2.10. The average molecular weight is 282 g/mol. The van der Waals surface area contributed by atoms with Crippen LogP contribution in [0.3, 0.4) is 0 Å². The number of hydrogen-bond donors (Lipinski definition) is 1. The second kappa shape index (κ2) is 5.42. The molecule has 18 heavy (non-hydrogen) atoms. The Morgan fingerprint density at radius 3 is 2.78 bits per heavy atom. The van der Waals surface area contributed by atoms with Crippen molar-refractivity contribution in [2.45, 2.75) is 6.54 Å². The van der Waals surface area contributed by atoms with Gasteiger partial charge in [-0.15, -0.1) is 11.3 Å². The van der Waals surface area contributed by atoms with Gasteiger partial charge in [0.1, 0.15) is 0 Å². The van der Waals surface area contributed by atoms with E-state index in [0.29, 0.717) is 5.02 Å². The molecule has 5 heteroatoms. The summed E-state index contributed by atoms with van der Waals surface area (Å²) in [6, 6.07) is 8.83. The van der Waals surface area contributed by atoms with Gasteiger partial charge in [0.2, 0.25) is 0 Å². The van der Waals surface area contributed by atoms with Crippen molar-refractivity contribution >= 4 is 34.6 Å². The molecule has 0 atom stereocenters. The van der Waals surface area contributed by atoms with E-state index in [0.717, 1.165) is 12.2 Å². The highest BCUT2D eigenvalue weighted by atomic mass is 35.5. The minimum absolute atomic E-state index is 0.202. The molecule has 0 saturated heterocycles. The van der Waals surface area contributed by atoms with Crippen LogP contribution >= 0.6 is 22.9 Å². The van der Waals surface area contributed by atoms with Crippen molar-refractivity contribution in [2.75, 3.05) is 11.9 Å². The number of halogens is 1. The van der Waals surface area contributed by atoms with Gasteiger partial charge in [-0.25, -0.2) is 4.79 Å². The van der Waals surface area contributed by atoms with Crippen molar-refractivity contribution in [1.82, 2.24) is 0 Å². The minimum Gasteiger partial charge on any atom is -0.478 e. The maximum Gasteiger partial charge on any atom is 0.335 e. The molecule has 1 heterocycles. The van der Waals surface area contributed by atoms with E-state index < -0.39 is 5.97 Å². The van der Waals surface area contributed by atoms with Crippen molar-refractivity contribution < 1.29 is 9.90 Å². The van der Waals surface area contributed by atoms with Crippen molar-refractivity contribution in [3.05, 3.63) is 51.2 Å². The molecule has 0 aliphatic heterocycles. The molecule has 94 valence electrons. The third kappa shape index (κ3) is 2.83. The topological polar surface area (TPSA) is 40.5 Å². The lowest BCUT2D eigenvalue weighted by atomic mass is 10.2. The predicted octanol–water partition coefficient (Wildman–Crippen LogP) is 3.74. The molecule has 0 bridgehead atoms. The number of benzene rings is 1. The molecule has 2 aromatic rings. The quantitative estimate of drug-likeness (QED) is 0.928. The van der Waals surface area contributed by atoms with Gasteiger partial charge < -0.3 is 10.0 Å². The summed E-state index contributed by atoms with van der Waals surface area (Å²) in [5.74, 6) is -0.968. The van der Waals surface area contributed by atoms with Crippen LogP contribution in [0.1, 0.15) is 15.2 Å². The molecule has 0 unspecified atom stereocenters. The van der Waals surface area contributed by atoms with Gasteiger partial charge in [-0.2, -0.15) is 0 Å². The van der Waals surface area contributed by atoms with Crippen LogP contribution in [-0.2, 0) is 6.54 Å². The summed E-state index contributed by atoms with van der Waals surface area (Å²) >= 11 is 7.79. The standard InChI is InChI=1S/C13H12ClNO2S/c1-15(8-10-3-2-6-18-10)12-5-4-9(13(16)17)7-11(12)14/h2-7H,8H2,1H3,(H,16,17). The maximum atomic E-state index is 10.8. The Morgan fingerprint density at radius 2 is 2.22 bits per heavy atom. The van der Waals surface area contributed by atoms with E-state index >= 15 is 0 Å². The first-order valence-corrected chi connectivity index (χ1v) is 6.60. The molecule has 0 aliphatic carbocycles. The highest BCUT2D eigenvalue weighted by Crippen LogP contribution is 2.27. The average Bonchev–Trinajstić information content (AvgIpc) is 2.81. The van der Waals surface area contributed by atoms with Gasteiger partial charge in [-0.3, -0.25) is 0 Å². The van der Waals surface area contributed by atoms with Crippen molar-refractivity contribution in [2.24, 2.45) is 0 Å². The molecule has 0 fully saturated rings. The number of carbonyl (C=O) groups is 1. The molecule has 0 aliphatic rings. The fourth-order valence-corrected chi connectivity index (χ4v) is 2.75. The fourth-order valence-electron chi connectivity index (χ4n) is 1.67. The molecular formula is C13H12ClNO2S. The first kappa shape index (κ1) is 12.9. The highest BCUT2D eigenvalue weighted by molar-refractivity contribution is 7.09. The SMILES string of the molecule is CN(Cc1cccs1)c1ccc(C(=O)O)cc1Cl. The van der Waals surface area contributed by atoms with E-state index in [1.807, 2.05) is 23.4 Å². The summed E-state index contributed by atoms with van der Waals surface area (Å²) in [7, 11) is 1.93. The van der Waals surface area contributed by atoms with E-state index in [1.54, 1.807) is 23.5 Å². The van der Waals surface area contributed by atoms with Crippen LogP contribution in [0.2, 0.25) is 5.02 Å². The first-order chi connectivity index (χ1) is 8.58. The third-order valence-electron chi connectivity index (χ3n) is 2.58. The van der Waals surface area contributed by atoms with Crippen LogP contribution in [-0.4, -0.2) is 18.1 Å². The maximum absolute atomic E-state index is 10.8. The minimum atomic E-state index is -0.968. The van der Waals surface area contributed by atoms with Gasteiger partial charge in [0.15, 0.2) is 0 Å². The largest absolute Gasteiger partial charge is 0.478 e. The fraction of sp³-hybridized carbons (Fsp3) is 0.154. The molecule has 0 spiro atoms. The lowest BCUT2D eigenvalue weighted by molar-refractivity contribution is 0.0697. The predicted molar refractivity (Wildman–Crippen MR) is 74.8 cm³/mol. The van der Waals surface area contributed by atoms with Crippen molar-refractivity contribution in [3.8, 4) is 0 Å². The molecule has 1 aromatic heterocycles. The first-order valence-electron chi connectivity index (χ1n) is 5.34. The normalized spacial score (nSPS) is 10.3. The number of thiophene rings is 1. The van der Waals surface area contributed by atoms with Gasteiger partial charge in [0.05, 0.1) is 22.8 Å². The van der Waals surface area contributed by atoms with Crippen LogP contribution in [0, 0.1) is 0 Å². The number of hydrogen-bond acceptors (Lipinski definition) is 3. The zero-order valence-corrected chi connectivity index (χ0v) is 11.3. The lowest BCUT2D eigenvalue weighted by Gasteiger charge is -2.20. The molecular weight excluding hydrogens is 270 g/mol. The Bertz CT molecular complexity index is 554. The number of anilines is 1. The van der Waals surface area contributed by atoms with Crippen molar-refractivity contribution in [3.63, 3.8) is 0 Å². The Hall–Kier alpha value is -1.52. The van der Waals surface area contributed by atoms with E-state index in [9.17, 15) is 4.79 Å². The summed E-state index contributed by atoms with van der Waals surface area (Å²) < 4.78 is 0. The van der Waals surface area contributed by atoms with Crippen LogP contribution < -0.4 is 4.90 Å². The van der Waals surface area contributed by atoms with Crippen LogP contribution in [0.25, 0.3) is 0 Å². The Balaban J connectivity index is 2.20. The number of carboxylic acid groups (broad SMARTS) is 1. The lowest BCUT2D eigenvalue weighted by Crippen LogP contribution is -2.16. The summed E-state index contributed by atoms with van der Waals surface area (Å²) in [6.45, 7) is 0.754. The van der Waals surface area contributed by atoms with Gasteiger partial charge in [-0.05, 0) is 29.6 Å². The Kier molecular flexibility index (Phi) is 3.89. The molecule has 0 saturated carbocycles. The van der Waals surface area contributed by atoms with Crippen LogP contribution in [0.15, 0.2) is 35.7 Å². The zero-order valence-electron chi connectivity index (χ0n) is 9.76. The van der Waals surface area contributed by atoms with Gasteiger partial charge in [-0.1, -0.05) is 17.7 Å². The van der Waals surface area contributed by atoms with Gasteiger partial charge in [0.25, 0.3) is 0 Å². The molecule has 1 N–H and O–H groups in total. The smallest absolute Gasteiger partial charge is 0.335 e. The van der Waals surface area contributed by atoms with Crippen molar-refractivity contribution in [1.29, 1.82) is 0 Å². The van der Waals surface area contributed by atoms with E-state index in [4.69, 9.17) is 16.7 Å². The molecule has 2 rings (SSSR count). The van der Waals surface area contributed by atoms with Gasteiger partial charge >= 0.3 is 5.97 Å². The van der Waals surface area contributed by atoms with E-state index in [1.165, 1.54) is 10.9 Å². The number of carboxylic acids is 1. The summed E-state index contributed by atoms with van der Waals surface area (Å²) in [6.07, 6.45) is 0. The number of aromatic carboxylic acids is 1. The second-order valence-corrected chi connectivity index (χ2v) is 5.35. The third-order valence-corrected chi connectivity index (χ3v) is 3.74. The number of nitrogens with zero attached hydrogens (tertiary/aromatic N) is 1. The van der Waals surface area contributed by atoms with E-state index in [-0.39, 0.29) is 5.56 Å². The van der Waals surface area contributed by atoms with Crippen LogP contribution in [0.4, 0.5) is 5.69 Å². The molecule has 0 radical (unpaired) electrons. The zero-order chi connectivity index (χ0) is 13.1. The monoisotopic (exact) mass is 281 g/mol. The number of rotatable bonds is 4. The Labute approximate surface area is 114 Å². The van der Waals surface area contributed by atoms with Gasteiger partial charge in [0, 0.05) is 11.9 Å². The molecule has 3 nitrogen and oxygen atoms in total. The summed E-state index contributed by atoms with van der Waals surface area (Å²) in [5, 5.41) is 11.4. The summed E-state index contributed by atoms with van der Waals surface area (Å²) in [4.78, 5) is 14.1. The molecule has 1 aromatic carbocycles. The second-order valence-electron chi connectivity index (χ2n) is 3.91. The van der Waals surface area contributed by atoms with E-state index in [2.05, 4.69) is 6.07 Å².